The van der Waals surface area contributed by atoms with Crippen LogP contribution in [-0.4, -0.2) is 52.4 Å². The van der Waals surface area contributed by atoms with E-state index in [1.54, 1.807) is 22.7 Å². The third-order valence-corrected chi connectivity index (χ3v) is 4.42. The topological polar surface area (TPSA) is 40.6 Å². The third-order valence-electron chi connectivity index (χ3n) is 3.41. The van der Waals surface area contributed by atoms with Crippen LogP contribution in [0.1, 0.15) is 19.8 Å². The zero-order valence-corrected chi connectivity index (χ0v) is 12.1. The highest BCUT2D eigenvalue weighted by atomic mass is 32.2. The van der Waals surface area contributed by atoms with Gasteiger partial charge < -0.3 is 9.80 Å². The lowest BCUT2D eigenvalue weighted by Gasteiger charge is -2.26. The van der Waals surface area contributed by atoms with Crippen LogP contribution in [0.15, 0.2) is 24.3 Å². The zero-order chi connectivity index (χ0) is 13.7. The van der Waals surface area contributed by atoms with Crippen molar-refractivity contribution in [3.63, 3.8) is 0 Å². The second-order valence-corrected chi connectivity index (χ2v) is 5.74. The number of carbonyl (C=O) groups is 2. The Morgan fingerprint density at radius 2 is 1.95 bits per heavy atom. The highest BCUT2D eigenvalue weighted by Crippen LogP contribution is 2.24. The van der Waals surface area contributed by atoms with Gasteiger partial charge in [0.05, 0.1) is 5.88 Å². The molecular formula is C14H20N2O2S. The van der Waals surface area contributed by atoms with Gasteiger partial charge in [0.15, 0.2) is 0 Å². The van der Waals surface area contributed by atoms with E-state index in [1.165, 1.54) is 6.08 Å². The van der Waals surface area contributed by atoms with E-state index >= 15 is 0 Å². The molecule has 0 aromatic rings. The van der Waals surface area contributed by atoms with Crippen LogP contribution in [0.25, 0.3) is 0 Å². The molecule has 0 radical (unpaired) electrons. The van der Waals surface area contributed by atoms with Crippen LogP contribution in [0.5, 0.6) is 0 Å². The van der Waals surface area contributed by atoms with Gasteiger partial charge in [0.25, 0.3) is 0 Å². The van der Waals surface area contributed by atoms with Crippen LogP contribution in [0.2, 0.25) is 0 Å². The van der Waals surface area contributed by atoms with Crippen LogP contribution < -0.4 is 0 Å². The number of thioether (sulfide) groups is 1. The van der Waals surface area contributed by atoms with E-state index in [2.05, 4.69) is 0 Å². The van der Waals surface area contributed by atoms with Crippen LogP contribution in [0, 0.1) is 0 Å². The molecule has 5 heteroatoms. The van der Waals surface area contributed by atoms with Crippen LogP contribution in [0.4, 0.5) is 0 Å². The Hall–Kier alpha value is -1.23. The molecule has 2 fully saturated rings. The van der Waals surface area contributed by atoms with Gasteiger partial charge in [-0.1, -0.05) is 18.2 Å². The summed E-state index contributed by atoms with van der Waals surface area (Å²) in [6, 6.07) is -0.272. The summed E-state index contributed by atoms with van der Waals surface area (Å²) >= 11 is 1.65. The highest BCUT2D eigenvalue weighted by molar-refractivity contribution is 7.99. The summed E-state index contributed by atoms with van der Waals surface area (Å²) in [6.07, 6.45) is 9.12. The maximum Gasteiger partial charge on any atom is 0.247 e. The van der Waals surface area contributed by atoms with Crippen molar-refractivity contribution in [1.29, 1.82) is 0 Å². The number of likely N-dealkylation sites (tertiary alicyclic amines) is 1. The first-order chi connectivity index (χ1) is 9.24. The Labute approximate surface area is 118 Å². The van der Waals surface area contributed by atoms with Crippen molar-refractivity contribution < 1.29 is 9.59 Å². The smallest absolute Gasteiger partial charge is 0.247 e. The van der Waals surface area contributed by atoms with Crippen molar-refractivity contribution in [1.82, 2.24) is 9.80 Å². The van der Waals surface area contributed by atoms with Gasteiger partial charge in [-0.2, -0.15) is 0 Å². The normalized spacial score (nSPS) is 23.9. The average Bonchev–Trinajstić information content (AvgIpc) is 3.09. The van der Waals surface area contributed by atoms with E-state index < -0.39 is 0 Å². The van der Waals surface area contributed by atoms with Gasteiger partial charge >= 0.3 is 0 Å². The number of amides is 2. The summed E-state index contributed by atoms with van der Waals surface area (Å²) < 4.78 is 0. The maximum absolute atomic E-state index is 12.4. The standard InChI is InChI=1S/C14H20N2O2S/c1-2-3-4-7-13(17)16-11-19-10-12(16)14(18)15-8-5-6-9-15/h2-4,7,12H,5-6,8-11H2,1H3/b3-2+,7-4+. The van der Waals surface area contributed by atoms with Gasteiger partial charge in [-0.05, 0) is 19.8 Å². The summed E-state index contributed by atoms with van der Waals surface area (Å²) in [5.74, 6) is 1.39. The molecule has 0 saturated carbocycles. The van der Waals surface area contributed by atoms with Gasteiger partial charge in [0, 0.05) is 24.9 Å². The molecule has 104 valence electrons. The molecule has 2 amide bonds. The maximum atomic E-state index is 12.4. The molecule has 0 bridgehead atoms. The molecule has 2 aliphatic rings. The van der Waals surface area contributed by atoms with Crippen LogP contribution in [-0.2, 0) is 9.59 Å². The minimum Gasteiger partial charge on any atom is -0.341 e. The van der Waals surface area contributed by atoms with E-state index in [4.69, 9.17) is 0 Å². The van der Waals surface area contributed by atoms with Crippen molar-refractivity contribution in [2.24, 2.45) is 0 Å². The summed E-state index contributed by atoms with van der Waals surface area (Å²) in [5.41, 5.74) is 0. The SMILES string of the molecule is C/C=C/C=C/C(=O)N1CSCC1C(=O)N1CCCC1. The van der Waals surface area contributed by atoms with Crippen LogP contribution in [0.3, 0.4) is 0 Å². The molecule has 4 nitrogen and oxygen atoms in total. The average molecular weight is 280 g/mol. The number of hydrogen-bond donors (Lipinski definition) is 0. The quantitative estimate of drug-likeness (QED) is 0.583. The largest absolute Gasteiger partial charge is 0.341 e. The lowest BCUT2D eigenvalue weighted by atomic mass is 10.2. The first-order valence-electron chi connectivity index (χ1n) is 6.70. The lowest BCUT2D eigenvalue weighted by molar-refractivity contribution is -0.140. The van der Waals surface area contributed by atoms with Gasteiger partial charge in [-0.15, -0.1) is 11.8 Å². The molecule has 0 N–H and O–H groups in total. The van der Waals surface area contributed by atoms with E-state index in [0.717, 1.165) is 31.7 Å². The summed E-state index contributed by atoms with van der Waals surface area (Å²) in [4.78, 5) is 28.0. The first kappa shape index (κ1) is 14.2. The second-order valence-electron chi connectivity index (χ2n) is 4.74. The van der Waals surface area contributed by atoms with Gasteiger partial charge in [-0.3, -0.25) is 9.59 Å². The first-order valence-corrected chi connectivity index (χ1v) is 7.86. The predicted octanol–water partition coefficient (Wildman–Crippen LogP) is 1.64. The van der Waals surface area contributed by atoms with Crippen molar-refractivity contribution >= 4 is 23.6 Å². The summed E-state index contributed by atoms with van der Waals surface area (Å²) in [7, 11) is 0. The van der Waals surface area contributed by atoms with Crippen LogP contribution >= 0.6 is 11.8 Å². The molecule has 0 aromatic heterocycles. The Bertz CT molecular complexity index is 400. The highest BCUT2D eigenvalue weighted by Gasteiger charge is 2.36. The van der Waals surface area contributed by atoms with Gasteiger partial charge in [0.1, 0.15) is 6.04 Å². The number of nitrogens with zero attached hydrogens (tertiary/aromatic N) is 2. The minimum atomic E-state index is -0.272. The molecule has 19 heavy (non-hydrogen) atoms. The second kappa shape index (κ2) is 6.80. The Morgan fingerprint density at radius 3 is 2.63 bits per heavy atom. The molecule has 1 unspecified atom stereocenters. The lowest BCUT2D eigenvalue weighted by Crippen LogP contribution is -2.47. The summed E-state index contributed by atoms with van der Waals surface area (Å²) in [5, 5.41) is 0. The molecule has 2 saturated heterocycles. The fraction of sp³-hybridized carbons (Fsp3) is 0.571. The zero-order valence-electron chi connectivity index (χ0n) is 11.2. The summed E-state index contributed by atoms with van der Waals surface area (Å²) in [6.45, 7) is 3.59. The fourth-order valence-electron chi connectivity index (χ4n) is 2.36. The number of hydrogen-bond acceptors (Lipinski definition) is 3. The third kappa shape index (κ3) is 3.41. The molecule has 0 spiro atoms. The van der Waals surface area contributed by atoms with E-state index in [9.17, 15) is 9.59 Å². The molecule has 2 rings (SSSR count). The molecule has 1 atom stereocenters. The van der Waals surface area contributed by atoms with E-state index in [0.29, 0.717) is 5.88 Å². The Kier molecular flexibility index (Phi) is 5.07. The van der Waals surface area contributed by atoms with Crippen molar-refractivity contribution in [3.05, 3.63) is 24.3 Å². The van der Waals surface area contributed by atoms with Gasteiger partial charge in [-0.25, -0.2) is 0 Å². The van der Waals surface area contributed by atoms with Crippen molar-refractivity contribution in [2.75, 3.05) is 24.7 Å². The molecule has 2 aliphatic heterocycles. The number of carbonyl (C=O) groups excluding carboxylic acids is 2. The van der Waals surface area contributed by atoms with E-state index in [1.807, 2.05) is 24.0 Å². The predicted molar refractivity (Wildman–Crippen MR) is 77.7 cm³/mol. The monoisotopic (exact) mass is 280 g/mol. The minimum absolute atomic E-state index is 0.0688. The molecule has 0 aliphatic carbocycles. The molecule has 2 heterocycles. The fourth-order valence-corrected chi connectivity index (χ4v) is 3.51. The van der Waals surface area contributed by atoms with Gasteiger partial charge in [0.2, 0.25) is 11.8 Å². The van der Waals surface area contributed by atoms with Crippen molar-refractivity contribution in [3.8, 4) is 0 Å². The molecule has 0 aromatic carbocycles. The number of rotatable bonds is 3. The Balaban J connectivity index is 1.99. The van der Waals surface area contributed by atoms with Crippen molar-refractivity contribution in [2.45, 2.75) is 25.8 Å². The molecular weight excluding hydrogens is 260 g/mol. The Morgan fingerprint density at radius 1 is 1.21 bits per heavy atom. The van der Waals surface area contributed by atoms with E-state index in [-0.39, 0.29) is 17.9 Å². The number of allylic oxidation sites excluding steroid dienone is 3.